The van der Waals surface area contributed by atoms with Crippen molar-refractivity contribution < 1.29 is 4.79 Å². The fraction of sp³-hybridized carbons (Fsp3) is 0.385. The van der Waals surface area contributed by atoms with E-state index >= 15 is 0 Å². The van der Waals surface area contributed by atoms with Gasteiger partial charge >= 0.3 is 0 Å². The van der Waals surface area contributed by atoms with Crippen molar-refractivity contribution in [2.24, 2.45) is 0 Å². The Hall–Kier alpha value is -2.02. The second kappa shape index (κ2) is 6.54. The standard InChI is InChI=1S/C13H17N3O/c1-15-13(17)8-5-9-16(2)12-7-4-3-6-11(12)10-14/h3-4,6-7H,5,8-9H2,1-2H3,(H,15,17). The summed E-state index contributed by atoms with van der Waals surface area (Å²) in [6.45, 7) is 0.756. The van der Waals surface area contributed by atoms with Crippen LogP contribution in [-0.4, -0.2) is 26.5 Å². The first-order chi connectivity index (χ1) is 8.19. The van der Waals surface area contributed by atoms with Crippen LogP contribution in [0.2, 0.25) is 0 Å². The van der Waals surface area contributed by atoms with Gasteiger partial charge in [0.2, 0.25) is 5.91 Å². The van der Waals surface area contributed by atoms with Crippen LogP contribution < -0.4 is 10.2 Å². The van der Waals surface area contributed by atoms with Crippen LogP contribution in [0.1, 0.15) is 18.4 Å². The van der Waals surface area contributed by atoms with E-state index in [-0.39, 0.29) is 5.91 Å². The van der Waals surface area contributed by atoms with E-state index in [9.17, 15) is 4.79 Å². The average Bonchev–Trinajstić information content (AvgIpc) is 2.38. The van der Waals surface area contributed by atoms with E-state index in [0.29, 0.717) is 12.0 Å². The van der Waals surface area contributed by atoms with Gasteiger partial charge in [0.1, 0.15) is 6.07 Å². The molecule has 0 bridgehead atoms. The summed E-state index contributed by atoms with van der Waals surface area (Å²) >= 11 is 0. The summed E-state index contributed by atoms with van der Waals surface area (Å²) < 4.78 is 0. The zero-order valence-electron chi connectivity index (χ0n) is 10.2. The predicted octanol–water partition coefficient (Wildman–Crippen LogP) is 1.52. The molecule has 0 aromatic heterocycles. The topological polar surface area (TPSA) is 56.1 Å². The van der Waals surface area contributed by atoms with Crippen LogP contribution in [0.15, 0.2) is 24.3 Å². The molecule has 0 heterocycles. The van der Waals surface area contributed by atoms with Crippen LogP contribution in [0.4, 0.5) is 5.69 Å². The van der Waals surface area contributed by atoms with E-state index in [1.807, 2.05) is 30.1 Å². The lowest BCUT2D eigenvalue weighted by Crippen LogP contribution is -2.23. The van der Waals surface area contributed by atoms with Crippen LogP contribution >= 0.6 is 0 Å². The van der Waals surface area contributed by atoms with Crippen LogP contribution in [0, 0.1) is 11.3 Å². The van der Waals surface area contributed by atoms with Gasteiger partial charge in [-0.15, -0.1) is 0 Å². The van der Waals surface area contributed by atoms with E-state index in [0.717, 1.165) is 18.7 Å². The van der Waals surface area contributed by atoms with Crippen LogP contribution in [0.5, 0.6) is 0 Å². The monoisotopic (exact) mass is 231 g/mol. The first-order valence-electron chi connectivity index (χ1n) is 5.60. The number of amides is 1. The summed E-state index contributed by atoms with van der Waals surface area (Å²) in [5.41, 5.74) is 1.57. The Bertz CT molecular complexity index is 423. The first-order valence-corrected chi connectivity index (χ1v) is 5.60. The molecule has 0 atom stereocenters. The molecule has 0 aliphatic heterocycles. The Morgan fingerprint density at radius 3 is 2.82 bits per heavy atom. The van der Waals surface area contributed by atoms with E-state index < -0.39 is 0 Å². The molecule has 4 nitrogen and oxygen atoms in total. The lowest BCUT2D eigenvalue weighted by Gasteiger charge is -2.20. The number of anilines is 1. The molecular formula is C13H17N3O. The Labute approximate surface area is 102 Å². The number of benzene rings is 1. The van der Waals surface area contributed by atoms with Crippen LogP contribution in [-0.2, 0) is 4.79 Å². The van der Waals surface area contributed by atoms with Gasteiger partial charge in [-0.3, -0.25) is 4.79 Å². The summed E-state index contributed by atoms with van der Waals surface area (Å²) in [4.78, 5) is 13.1. The second-order valence-electron chi connectivity index (χ2n) is 3.83. The van der Waals surface area contributed by atoms with Crippen molar-refractivity contribution in [3.8, 4) is 6.07 Å². The fourth-order valence-corrected chi connectivity index (χ4v) is 1.62. The molecule has 1 rings (SSSR count). The van der Waals surface area contributed by atoms with Crippen molar-refractivity contribution in [1.82, 2.24) is 5.32 Å². The summed E-state index contributed by atoms with van der Waals surface area (Å²) in [5.74, 6) is 0.0481. The van der Waals surface area contributed by atoms with Crippen molar-refractivity contribution in [3.05, 3.63) is 29.8 Å². The minimum atomic E-state index is 0.0481. The van der Waals surface area contributed by atoms with Gasteiger partial charge in [-0.1, -0.05) is 12.1 Å². The maximum absolute atomic E-state index is 11.1. The molecule has 1 aromatic carbocycles. The number of carbonyl (C=O) groups excluding carboxylic acids is 1. The normalized spacial score (nSPS) is 9.47. The summed E-state index contributed by atoms with van der Waals surface area (Å²) in [5, 5.41) is 11.6. The van der Waals surface area contributed by atoms with E-state index in [4.69, 9.17) is 5.26 Å². The summed E-state index contributed by atoms with van der Waals surface area (Å²) in [6, 6.07) is 9.63. The number of para-hydroxylation sites is 1. The molecule has 0 saturated carbocycles. The van der Waals surface area contributed by atoms with E-state index in [2.05, 4.69) is 11.4 Å². The lowest BCUT2D eigenvalue weighted by molar-refractivity contribution is -0.120. The fourth-order valence-electron chi connectivity index (χ4n) is 1.62. The molecule has 0 radical (unpaired) electrons. The predicted molar refractivity (Wildman–Crippen MR) is 67.7 cm³/mol. The molecule has 0 saturated heterocycles. The molecule has 0 aliphatic carbocycles. The largest absolute Gasteiger partial charge is 0.374 e. The maximum Gasteiger partial charge on any atom is 0.219 e. The molecule has 1 aromatic rings. The molecular weight excluding hydrogens is 214 g/mol. The van der Waals surface area contributed by atoms with Gasteiger partial charge in [-0.25, -0.2) is 0 Å². The molecule has 90 valence electrons. The summed E-state index contributed by atoms with van der Waals surface area (Å²) in [7, 11) is 3.57. The minimum absolute atomic E-state index is 0.0481. The third-order valence-corrected chi connectivity index (χ3v) is 2.61. The molecule has 0 fully saturated rings. The van der Waals surface area contributed by atoms with E-state index in [1.165, 1.54) is 0 Å². The van der Waals surface area contributed by atoms with Gasteiger partial charge in [0.25, 0.3) is 0 Å². The van der Waals surface area contributed by atoms with Crippen LogP contribution in [0.3, 0.4) is 0 Å². The van der Waals surface area contributed by atoms with Gasteiger partial charge in [-0.05, 0) is 18.6 Å². The van der Waals surface area contributed by atoms with E-state index in [1.54, 1.807) is 13.1 Å². The van der Waals surface area contributed by atoms with Crippen molar-refractivity contribution in [2.75, 3.05) is 25.5 Å². The molecule has 1 N–H and O–H groups in total. The number of nitrogens with one attached hydrogen (secondary N) is 1. The highest BCUT2D eigenvalue weighted by Gasteiger charge is 2.06. The number of hydrogen-bond donors (Lipinski definition) is 1. The highest BCUT2D eigenvalue weighted by Crippen LogP contribution is 2.18. The molecule has 0 spiro atoms. The lowest BCUT2D eigenvalue weighted by atomic mass is 10.1. The molecule has 0 aliphatic rings. The average molecular weight is 231 g/mol. The van der Waals surface area contributed by atoms with Crippen LogP contribution in [0.25, 0.3) is 0 Å². The van der Waals surface area contributed by atoms with Crippen molar-refractivity contribution >= 4 is 11.6 Å². The van der Waals surface area contributed by atoms with Gasteiger partial charge in [0.15, 0.2) is 0 Å². The molecule has 17 heavy (non-hydrogen) atoms. The minimum Gasteiger partial charge on any atom is -0.374 e. The van der Waals surface area contributed by atoms with Gasteiger partial charge < -0.3 is 10.2 Å². The third-order valence-electron chi connectivity index (χ3n) is 2.61. The molecule has 4 heteroatoms. The van der Waals surface area contributed by atoms with Gasteiger partial charge in [0, 0.05) is 27.1 Å². The SMILES string of the molecule is CNC(=O)CCCN(C)c1ccccc1C#N. The first kappa shape index (κ1) is 13.0. The molecule has 1 amide bonds. The van der Waals surface area contributed by atoms with Crippen molar-refractivity contribution in [1.29, 1.82) is 5.26 Å². The number of nitrogens with zero attached hydrogens (tertiary/aromatic N) is 2. The van der Waals surface area contributed by atoms with Gasteiger partial charge in [-0.2, -0.15) is 5.26 Å². The third kappa shape index (κ3) is 3.80. The Kier molecular flexibility index (Phi) is 5.02. The van der Waals surface area contributed by atoms with Crippen molar-refractivity contribution in [2.45, 2.75) is 12.8 Å². The van der Waals surface area contributed by atoms with Gasteiger partial charge in [0.05, 0.1) is 11.3 Å². The Balaban J connectivity index is 2.55. The maximum atomic E-state index is 11.1. The Morgan fingerprint density at radius 1 is 1.47 bits per heavy atom. The smallest absolute Gasteiger partial charge is 0.219 e. The zero-order valence-corrected chi connectivity index (χ0v) is 10.2. The number of rotatable bonds is 5. The zero-order chi connectivity index (χ0) is 12.7. The summed E-state index contributed by atoms with van der Waals surface area (Å²) in [6.07, 6.45) is 1.28. The molecule has 0 unspecified atom stereocenters. The Morgan fingerprint density at radius 2 is 2.18 bits per heavy atom. The quantitative estimate of drug-likeness (QED) is 0.836. The number of nitriles is 1. The highest BCUT2D eigenvalue weighted by atomic mass is 16.1. The number of carbonyl (C=O) groups is 1. The highest BCUT2D eigenvalue weighted by molar-refractivity contribution is 5.75. The number of hydrogen-bond acceptors (Lipinski definition) is 3. The van der Waals surface area contributed by atoms with Crippen molar-refractivity contribution in [3.63, 3.8) is 0 Å². The second-order valence-corrected chi connectivity index (χ2v) is 3.83.